The Bertz CT molecular complexity index is 717. The van der Waals surface area contributed by atoms with Crippen molar-refractivity contribution in [2.45, 2.75) is 39.5 Å². The van der Waals surface area contributed by atoms with Crippen LogP contribution in [0.1, 0.15) is 42.5 Å². The van der Waals surface area contributed by atoms with Gasteiger partial charge in [0.25, 0.3) is 0 Å². The summed E-state index contributed by atoms with van der Waals surface area (Å²) in [5, 5.41) is 9.48. The van der Waals surface area contributed by atoms with Gasteiger partial charge >= 0.3 is 0 Å². The maximum atomic E-state index is 12.2. The molecule has 0 aliphatic carbocycles. The fraction of sp³-hybridized carbons (Fsp3) is 0.650. The van der Waals surface area contributed by atoms with Gasteiger partial charge in [-0.05, 0) is 50.2 Å². The molecule has 2 aliphatic rings. The molecular formula is C20H28N4O2. The SMILES string of the molecule is COCCN1CC2(CCC1=O)CCN(c1nc(C)c(C)cc1C#N)CC2. The van der Waals surface area contributed by atoms with Gasteiger partial charge in [-0.25, -0.2) is 4.98 Å². The summed E-state index contributed by atoms with van der Waals surface area (Å²) in [4.78, 5) is 21.1. The van der Waals surface area contributed by atoms with Crippen LogP contribution in [-0.4, -0.2) is 55.7 Å². The van der Waals surface area contributed by atoms with Crippen molar-refractivity contribution in [2.24, 2.45) is 5.41 Å². The molecule has 1 aromatic rings. The number of nitriles is 1. The van der Waals surface area contributed by atoms with Crippen LogP contribution in [0.3, 0.4) is 0 Å². The summed E-state index contributed by atoms with van der Waals surface area (Å²) in [5.74, 6) is 1.06. The molecule has 0 N–H and O–H groups in total. The van der Waals surface area contributed by atoms with Gasteiger partial charge in [0.05, 0.1) is 12.2 Å². The lowest BCUT2D eigenvalue weighted by Gasteiger charge is -2.47. The van der Waals surface area contributed by atoms with E-state index in [1.807, 2.05) is 24.8 Å². The van der Waals surface area contributed by atoms with Crippen LogP contribution in [0, 0.1) is 30.6 Å². The molecule has 6 heteroatoms. The van der Waals surface area contributed by atoms with Crippen molar-refractivity contribution >= 4 is 11.7 Å². The molecule has 0 saturated carbocycles. The van der Waals surface area contributed by atoms with E-state index in [4.69, 9.17) is 9.72 Å². The third-order valence-electron chi connectivity index (χ3n) is 6.00. The standard InChI is InChI=1S/C20H28N4O2/c1-15-12-17(13-21)19(22-16(15)2)23-8-6-20(7-9-23)5-4-18(25)24(14-20)10-11-26-3/h12H,4-11,14H2,1-3H3. The Balaban J connectivity index is 1.70. The normalized spacial score (nSPS) is 19.7. The Morgan fingerprint density at radius 1 is 1.31 bits per heavy atom. The highest BCUT2D eigenvalue weighted by molar-refractivity contribution is 5.77. The summed E-state index contributed by atoms with van der Waals surface area (Å²) in [6.45, 7) is 7.85. The van der Waals surface area contributed by atoms with Crippen molar-refractivity contribution in [1.82, 2.24) is 9.88 Å². The first-order valence-electron chi connectivity index (χ1n) is 9.38. The second-order valence-electron chi connectivity index (χ2n) is 7.67. The van der Waals surface area contributed by atoms with Gasteiger partial charge in [-0.3, -0.25) is 4.79 Å². The van der Waals surface area contributed by atoms with Crippen LogP contribution in [0.5, 0.6) is 0 Å². The van der Waals surface area contributed by atoms with Crippen LogP contribution in [0.25, 0.3) is 0 Å². The molecule has 0 radical (unpaired) electrons. The van der Waals surface area contributed by atoms with E-state index in [1.54, 1.807) is 7.11 Å². The van der Waals surface area contributed by atoms with E-state index in [2.05, 4.69) is 11.0 Å². The van der Waals surface area contributed by atoms with E-state index in [1.165, 1.54) is 0 Å². The van der Waals surface area contributed by atoms with Gasteiger partial charge in [0.1, 0.15) is 11.9 Å². The number of ether oxygens (including phenoxy) is 1. The summed E-state index contributed by atoms with van der Waals surface area (Å²) in [7, 11) is 1.67. The predicted molar refractivity (Wildman–Crippen MR) is 100.0 cm³/mol. The van der Waals surface area contributed by atoms with Gasteiger partial charge in [-0.1, -0.05) is 0 Å². The average Bonchev–Trinajstić information content (AvgIpc) is 2.65. The van der Waals surface area contributed by atoms with Crippen LogP contribution in [0.2, 0.25) is 0 Å². The topological polar surface area (TPSA) is 69.5 Å². The zero-order valence-corrected chi connectivity index (χ0v) is 16.0. The minimum absolute atomic E-state index is 0.199. The van der Waals surface area contributed by atoms with E-state index in [9.17, 15) is 10.1 Å². The minimum Gasteiger partial charge on any atom is -0.383 e. The van der Waals surface area contributed by atoms with Gasteiger partial charge in [0.15, 0.2) is 0 Å². The molecule has 2 fully saturated rings. The lowest BCUT2D eigenvalue weighted by Crippen LogP contribution is -2.52. The van der Waals surface area contributed by atoms with Crippen LogP contribution in [-0.2, 0) is 9.53 Å². The van der Waals surface area contributed by atoms with Gasteiger partial charge in [0, 0.05) is 45.4 Å². The fourth-order valence-corrected chi connectivity index (χ4v) is 4.12. The number of carbonyl (C=O) groups is 1. The third-order valence-corrected chi connectivity index (χ3v) is 6.00. The Morgan fingerprint density at radius 2 is 2.04 bits per heavy atom. The average molecular weight is 356 g/mol. The molecule has 0 atom stereocenters. The van der Waals surface area contributed by atoms with Crippen molar-refractivity contribution in [3.63, 3.8) is 0 Å². The number of pyridine rings is 1. The maximum absolute atomic E-state index is 12.2. The summed E-state index contributed by atoms with van der Waals surface area (Å²) in [5.41, 5.74) is 2.89. The summed E-state index contributed by atoms with van der Waals surface area (Å²) in [6, 6.07) is 4.24. The molecule has 26 heavy (non-hydrogen) atoms. The second-order valence-corrected chi connectivity index (χ2v) is 7.67. The first-order chi connectivity index (χ1) is 12.5. The first-order valence-corrected chi connectivity index (χ1v) is 9.38. The predicted octanol–water partition coefficient (Wildman–Crippen LogP) is 2.43. The molecular weight excluding hydrogens is 328 g/mol. The molecule has 140 valence electrons. The molecule has 0 aromatic carbocycles. The van der Waals surface area contributed by atoms with Crippen molar-refractivity contribution in [3.05, 3.63) is 22.9 Å². The second kappa shape index (κ2) is 7.63. The minimum atomic E-state index is 0.199. The highest BCUT2D eigenvalue weighted by atomic mass is 16.5. The number of likely N-dealkylation sites (tertiary alicyclic amines) is 1. The number of anilines is 1. The quantitative estimate of drug-likeness (QED) is 0.829. The van der Waals surface area contributed by atoms with E-state index in [0.717, 1.165) is 56.0 Å². The molecule has 2 aliphatic heterocycles. The van der Waals surface area contributed by atoms with Gasteiger partial charge in [0.2, 0.25) is 5.91 Å². The van der Waals surface area contributed by atoms with Crippen molar-refractivity contribution in [1.29, 1.82) is 5.26 Å². The van der Waals surface area contributed by atoms with Crippen LogP contribution in [0.4, 0.5) is 5.82 Å². The number of nitrogens with zero attached hydrogens (tertiary/aromatic N) is 4. The van der Waals surface area contributed by atoms with Gasteiger partial charge in [-0.15, -0.1) is 0 Å². The number of hydrogen-bond donors (Lipinski definition) is 0. The van der Waals surface area contributed by atoms with Crippen molar-refractivity contribution in [3.8, 4) is 6.07 Å². The molecule has 2 saturated heterocycles. The summed E-state index contributed by atoms with van der Waals surface area (Å²) in [6.07, 6.45) is 3.66. The number of carbonyl (C=O) groups excluding carboxylic acids is 1. The number of aromatic nitrogens is 1. The molecule has 1 aromatic heterocycles. The van der Waals surface area contributed by atoms with Crippen LogP contribution in [0.15, 0.2) is 6.07 Å². The zero-order valence-electron chi connectivity index (χ0n) is 16.0. The Labute approximate surface area is 155 Å². The third kappa shape index (κ3) is 3.68. The number of hydrogen-bond acceptors (Lipinski definition) is 5. The number of amides is 1. The van der Waals surface area contributed by atoms with E-state index >= 15 is 0 Å². The largest absolute Gasteiger partial charge is 0.383 e. The van der Waals surface area contributed by atoms with Crippen LogP contribution < -0.4 is 4.90 Å². The number of methoxy groups -OCH3 is 1. The lowest BCUT2D eigenvalue weighted by molar-refractivity contribution is -0.139. The monoisotopic (exact) mass is 356 g/mol. The smallest absolute Gasteiger partial charge is 0.222 e. The highest BCUT2D eigenvalue weighted by Gasteiger charge is 2.41. The number of piperidine rings is 2. The molecule has 3 heterocycles. The number of rotatable bonds is 4. The Kier molecular flexibility index (Phi) is 5.47. The zero-order chi connectivity index (χ0) is 18.7. The van der Waals surface area contributed by atoms with E-state index in [0.29, 0.717) is 25.1 Å². The van der Waals surface area contributed by atoms with E-state index in [-0.39, 0.29) is 11.3 Å². The van der Waals surface area contributed by atoms with Gasteiger partial charge < -0.3 is 14.5 Å². The van der Waals surface area contributed by atoms with Crippen molar-refractivity contribution in [2.75, 3.05) is 44.8 Å². The number of aryl methyl sites for hydroxylation is 2. The van der Waals surface area contributed by atoms with Crippen LogP contribution >= 0.6 is 0 Å². The fourth-order valence-electron chi connectivity index (χ4n) is 4.12. The molecule has 3 rings (SSSR count). The van der Waals surface area contributed by atoms with Crippen molar-refractivity contribution < 1.29 is 9.53 Å². The Hall–Kier alpha value is -2.13. The highest BCUT2D eigenvalue weighted by Crippen LogP contribution is 2.41. The van der Waals surface area contributed by atoms with Gasteiger partial charge in [-0.2, -0.15) is 5.26 Å². The summed E-state index contributed by atoms with van der Waals surface area (Å²) < 4.78 is 5.15. The first kappa shape index (κ1) is 18.7. The molecule has 1 spiro atoms. The molecule has 6 nitrogen and oxygen atoms in total. The van der Waals surface area contributed by atoms with E-state index < -0.39 is 0 Å². The lowest BCUT2D eigenvalue weighted by atomic mass is 9.72. The summed E-state index contributed by atoms with van der Waals surface area (Å²) >= 11 is 0. The molecule has 0 bridgehead atoms. The molecule has 0 unspecified atom stereocenters. The Morgan fingerprint density at radius 3 is 2.69 bits per heavy atom. The molecule has 1 amide bonds. The maximum Gasteiger partial charge on any atom is 0.222 e.